The highest BCUT2D eigenvalue weighted by Crippen LogP contribution is 2.29. The zero-order chi connectivity index (χ0) is 16.8. The molecule has 3 unspecified atom stereocenters. The van der Waals surface area contributed by atoms with Gasteiger partial charge < -0.3 is 15.2 Å². The Kier molecular flexibility index (Phi) is 6.47. The molecule has 0 saturated heterocycles. The van der Waals surface area contributed by atoms with Crippen molar-refractivity contribution in [2.45, 2.75) is 42.4 Å². The lowest BCUT2D eigenvalue weighted by Gasteiger charge is -2.19. The van der Waals surface area contributed by atoms with Crippen molar-refractivity contribution in [1.82, 2.24) is 5.32 Å². The van der Waals surface area contributed by atoms with E-state index in [0.29, 0.717) is 22.9 Å². The van der Waals surface area contributed by atoms with E-state index < -0.39 is 11.2 Å². The monoisotopic (exact) mass is 337 g/mol. The largest absolute Gasteiger partial charge is 0.480 e. The Bertz CT molecular complexity index is 563. The third kappa shape index (κ3) is 4.72. The number of carboxylic acids is 1. The first kappa shape index (κ1) is 17.8. The lowest BCUT2D eigenvalue weighted by molar-refractivity contribution is -0.136. The molecule has 1 fully saturated rings. The molecule has 126 valence electrons. The van der Waals surface area contributed by atoms with Gasteiger partial charge in [0, 0.05) is 24.5 Å². The van der Waals surface area contributed by atoms with Crippen LogP contribution in [0.2, 0.25) is 0 Å². The normalized spacial score (nSPS) is 21.8. The van der Waals surface area contributed by atoms with Crippen LogP contribution in [0.25, 0.3) is 0 Å². The third-order valence-electron chi connectivity index (χ3n) is 4.20. The SMILES string of the molecule is COC1CCCC1CNC(=O)c1ccccc1SC(C)C(=O)O. The molecule has 1 aromatic carbocycles. The van der Waals surface area contributed by atoms with E-state index in [-0.39, 0.29) is 12.0 Å². The Labute approximate surface area is 140 Å². The summed E-state index contributed by atoms with van der Waals surface area (Å²) >= 11 is 1.18. The Hall–Kier alpha value is -1.53. The summed E-state index contributed by atoms with van der Waals surface area (Å²) in [4.78, 5) is 24.2. The van der Waals surface area contributed by atoms with Gasteiger partial charge in [-0.15, -0.1) is 11.8 Å². The quantitative estimate of drug-likeness (QED) is 0.748. The van der Waals surface area contributed by atoms with Gasteiger partial charge >= 0.3 is 5.97 Å². The van der Waals surface area contributed by atoms with E-state index in [1.54, 1.807) is 32.2 Å². The Morgan fingerprint density at radius 3 is 2.83 bits per heavy atom. The molecular weight excluding hydrogens is 314 g/mol. The van der Waals surface area contributed by atoms with Crippen LogP contribution in [0.15, 0.2) is 29.2 Å². The summed E-state index contributed by atoms with van der Waals surface area (Å²) in [6.45, 7) is 2.20. The molecule has 23 heavy (non-hydrogen) atoms. The fourth-order valence-corrected chi connectivity index (χ4v) is 3.79. The molecule has 1 saturated carbocycles. The zero-order valence-electron chi connectivity index (χ0n) is 13.5. The van der Waals surface area contributed by atoms with Gasteiger partial charge in [-0.25, -0.2) is 0 Å². The van der Waals surface area contributed by atoms with Crippen LogP contribution >= 0.6 is 11.8 Å². The highest BCUT2D eigenvalue weighted by molar-refractivity contribution is 8.00. The molecule has 1 aliphatic carbocycles. The molecule has 1 aliphatic rings. The van der Waals surface area contributed by atoms with E-state index in [1.165, 1.54) is 11.8 Å². The topological polar surface area (TPSA) is 75.6 Å². The first-order valence-corrected chi connectivity index (χ1v) is 8.70. The van der Waals surface area contributed by atoms with Crippen molar-refractivity contribution in [2.75, 3.05) is 13.7 Å². The van der Waals surface area contributed by atoms with Crippen LogP contribution in [0.5, 0.6) is 0 Å². The van der Waals surface area contributed by atoms with Gasteiger partial charge in [0.1, 0.15) is 5.25 Å². The van der Waals surface area contributed by atoms with E-state index in [1.807, 2.05) is 6.07 Å². The summed E-state index contributed by atoms with van der Waals surface area (Å²) in [5, 5.41) is 11.4. The lowest BCUT2D eigenvalue weighted by Crippen LogP contribution is -2.33. The number of hydrogen-bond acceptors (Lipinski definition) is 4. The number of aliphatic carboxylic acids is 1. The number of carbonyl (C=O) groups excluding carboxylic acids is 1. The minimum Gasteiger partial charge on any atom is -0.480 e. The summed E-state index contributed by atoms with van der Waals surface area (Å²) in [7, 11) is 1.71. The molecule has 0 heterocycles. The van der Waals surface area contributed by atoms with Gasteiger partial charge in [0.05, 0.1) is 11.7 Å². The van der Waals surface area contributed by atoms with Gasteiger partial charge in [-0.2, -0.15) is 0 Å². The molecule has 1 aromatic rings. The summed E-state index contributed by atoms with van der Waals surface area (Å²) < 4.78 is 5.44. The van der Waals surface area contributed by atoms with E-state index in [4.69, 9.17) is 9.84 Å². The van der Waals surface area contributed by atoms with Gasteiger partial charge in [0.2, 0.25) is 0 Å². The number of ether oxygens (including phenoxy) is 1. The summed E-state index contributed by atoms with van der Waals surface area (Å²) in [5.74, 6) is -0.701. The van der Waals surface area contributed by atoms with Crippen LogP contribution < -0.4 is 5.32 Å². The fraction of sp³-hybridized carbons (Fsp3) is 0.529. The van der Waals surface area contributed by atoms with Crippen molar-refractivity contribution >= 4 is 23.6 Å². The highest BCUT2D eigenvalue weighted by Gasteiger charge is 2.27. The zero-order valence-corrected chi connectivity index (χ0v) is 14.3. The first-order valence-electron chi connectivity index (χ1n) is 7.82. The fourth-order valence-electron chi connectivity index (χ4n) is 2.86. The number of thioether (sulfide) groups is 1. The number of nitrogens with one attached hydrogen (secondary N) is 1. The first-order chi connectivity index (χ1) is 11.0. The molecule has 2 rings (SSSR count). The molecule has 6 heteroatoms. The van der Waals surface area contributed by atoms with E-state index >= 15 is 0 Å². The summed E-state index contributed by atoms with van der Waals surface area (Å²) in [6, 6.07) is 7.12. The van der Waals surface area contributed by atoms with Gasteiger partial charge in [-0.1, -0.05) is 18.6 Å². The van der Waals surface area contributed by atoms with Crippen LogP contribution in [0.1, 0.15) is 36.5 Å². The molecule has 0 bridgehead atoms. The highest BCUT2D eigenvalue weighted by atomic mass is 32.2. The van der Waals surface area contributed by atoms with Gasteiger partial charge in [-0.3, -0.25) is 9.59 Å². The predicted molar refractivity (Wildman–Crippen MR) is 89.9 cm³/mol. The van der Waals surface area contributed by atoms with Crippen molar-refractivity contribution in [3.05, 3.63) is 29.8 Å². The molecule has 1 amide bonds. The van der Waals surface area contributed by atoms with Gasteiger partial charge in [-0.05, 0) is 31.9 Å². The average molecular weight is 337 g/mol. The maximum absolute atomic E-state index is 12.5. The summed E-state index contributed by atoms with van der Waals surface area (Å²) in [6.07, 6.45) is 3.44. The number of rotatable bonds is 7. The molecular formula is C17H23NO4S. The number of benzene rings is 1. The number of carboxylic acid groups (broad SMARTS) is 1. The molecule has 5 nitrogen and oxygen atoms in total. The second kappa shape index (κ2) is 8.36. The molecule has 0 aromatic heterocycles. The van der Waals surface area contributed by atoms with Crippen LogP contribution in [-0.4, -0.2) is 42.0 Å². The average Bonchev–Trinajstić information content (AvgIpc) is 3.00. The number of methoxy groups -OCH3 is 1. The van der Waals surface area contributed by atoms with E-state index in [0.717, 1.165) is 19.3 Å². The molecule has 0 spiro atoms. The van der Waals surface area contributed by atoms with E-state index in [9.17, 15) is 9.59 Å². The lowest BCUT2D eigenvalue weighted by atomic mass is 10.1. The molecule has 3 atom stereocenters. The molecule has 2 N–H and O–H groups in total. The van der Waals surface area contributed by atoms with Gasteiger partial charge in [0.25, 0.3) is 5.91 Å². The van der Waals surface area contributed by atoms with Crippen LogP contribution in [0.3, 0.4) is 0 Å². The van der Waals surface area contributed by atoms with E-state index in [2.05, 4.69) is 5.32 Å². The van der Waals surface area contributed by atoms with Crippen molar-refractivity contribution < 1.29 is 19.4 Å². The van der Waals surface area contributed by atoms with Gasteiger partial charge in [0.15, 0.2) is 0 Å². The molecule has 0 aliphatic heterocycles. The van der Waals surface area contributed by atoms with Crippen molar-refractivity contribution in [3.8, 4) is 0 Å². The minimum atomic E-state index is -0.890. The maximum Gasteiger partial charge on any atom is 0.316 e. The third-order valence-corrected chi connectivity index (χ3v) is 5.37. The number of amides is 1. The van der Waals surface area contributed by atoms with Crippen LogP contribution in [-0.2, 0) is 9.53 Å². The maximum atomic E-state index is 12.5. The van der Waals surface area contributed by atoms with Crippen LogP contribution in [0, 0.1) is 5.92 Å². The van der Waals surface area contributed by atoms with Crippen molar-refractivity contribution in [3.63, 3.8) is 0 Å². The molecule has 0 radical (unpaired) electrons. The van der Waals surface area contributed by atoms with Crippen LogP contribution in [0.4, 0.5) is 0 Å². The van der Waals surface area contributed by atoms with Crippen molar-refractivity contribution in [2.24, 2.45) is 5.92 Å². The number of hydrogen-bond donors (Lipinski definition) is 2. The Morgan fingerprint density at radius 2 is 2.13 bits per heavy atom. The summed E-state index contributed by atoms with van der Waals surface area (Å²) in [5.41, 5.74) is 0.526. The predicted octanol–water partition coefficient (Wildman–Crippen LogP) is 2.80. The standard InChI is InChI=1S/C17H23NO4S/c1-11(17(20)21)23-15-9-4-3-7-13(15)16(19)18-10-12-6-5-8-14(12)22-2/h3-4,7,9,11-12,14H,5-6,8,10H2,1-2H3,(H,18,19)(H,20,21). The van der Waals surface area contributed by atoms with Crippen molar-refractivity contribution in [1.29, 1.82) is 0 Å². The number of carbonyl (C=O) groups is 2. The smallest absolute Gasteiger partial charge is 0.316 e. The Morgan fingerprint density at radius 1 is 1.39 bits per heavy atom. The second-order valence-electron chi connectivity index (χ2n) is 5.77. The minimum absolute atomic E-state index is 0.160. The second-order valence-corrected chi connectivity index (χ2v) is 7.15. The Balaban J connectivity index is 2.00.